The van der Waals surface area contributed by atoms with E-state index >= 15 is 0 Å². The third-order valence-electron chi connectivity index (χ3n) is 3.82. The molecule has 0 aliphatic carbocycles. The summed E-state index contributed by atoms with van der Waals surface area (Å²) in [6.45, 7) is 7.05. The molecule has 0 heterocycles. The number of hydrogen-bond donors (Lipinski definition) is 2. The van der Waals surface area contributed by atoms with Crippen LogP contribution in [0.3, 0.4) is 0 Å². The minimum absolute atomic E-state index is 0.170. The van der Waals surface area contributed by atoms with E-state index in [-0.39, 0.29) is 12.5 Å². The van der Waals surface area contributed by atoms with Crippen molar-refractivity contribution in [2.75, 3.05) is 20.3 Å². The third-order valence-corrected chi connectivity index (χ3v) is 3.82. The van der Waals surface area contributed by atoms with Crippen LogP contribution in [0.25, 0.3) is 0 Å². The van der Waals surface area contributed by atoms with Crippen LogP contribution in [0.15, 0.2) is 6.07 Å². The Morgan fingerprint density at radius 3 is 2.44 bits per heavy atom. The Labute approximate surface area is 110 Å². The average molecular weight is 251 g/mol. The molecule has 0 saturated carbocycles. The predicted molar refractivity (Wildman–Crippen MR) is 75.2 cm³/mol. The second-order valence-electron chi connectivity index (χ2n) is 4.95. The zero-order chi connectivity index (χ0) is 13.7. The van der Waals surface area contributed by atoms with E-state index in [0.717, 1.165) is 18.6 Å². The second kappa shape index (κ2) is 6.76. The Balaban J connectivity index is 2.92. The van der Waals surface area contributed by atoms with Gasteiger partial charge >= 0.3 is 0 Å². The highest BCUT2D eigenvalue weighted by Gasteiger charge is 2.12. The number of aliphatic hydroxyl groups is 1. The Bertz CT molecular complexity index is 398. The van der Waals surface area contributed by atoms with Crippen LogP contribution < -0.4 is 10.5 Å². The topological polar surface area (TPSA) is 55.5 Å². The molecule has 0 aliphatic heterocycles. The van der Waals surface area contributed by atoms with Crippen molar-refractivity contribution in [3.05, 3.63) is 28.3 Å². The lowest BCUT2D eigenvalue weighted by atomic mass is 9.91. The number of rotatable bonds is 6. The fraction of sp³-hybridized carbons (Fsp3) is 0.600. The summed E-state index contributed by atoms with van der Waals surface area (Å²) in [5.41, 5.74) is 10.7. The molecular weight excluding hydrogens is 226 g/mol. The van der Waals surface area contributed by atoms with E-state index < -0.39 is 0 Å². The number of methoxy groups -OCH3 is 1. The molecule has 1 atom stereocenters. The molecule has 0 fully saturated rings. The minimum Gasteiger partial charge on any atom is -0.496 e. The summed E-state index contributed by atoms with van der Waals surface area (Å²) in [5, 5.41) is 9.18. The van der Waals surface area contributed by atoms with Crippen LogP contribution in [0, 0.1) is 26.7 Å². The van der Waals surface area contributed by atoms with Crippen LogP contribution >= 0.6 is 0 Å². The summed E-state index contributed by atoms with van der Waals surface area (Å²) in [5.74, 6) is 1.15. The molecule has 3 nitrogen and oxygen atoms in total. The molecule has 1 unspecified atom stereocenters. The van der Waals surface area contributed by atoms with Gasteiger partial charge in [0.2, 0.25) is 0 Å². The first kappa shape index (κ1) is 15.0. The number of aliphatic hydroxyl groups excluding tert-OH is 1. The van der Waals surface area contributed by atoms with Gasteiger partial charge in [-0.2, -0.15) is 0 Å². The molecule has 0 amide bonds. The van der Waals surface area contributed by atoms with Crippen molar-refractivity contribution in [1.29, 1.82) is 0 Å². The van der Waals surface area contributed by atoms with Crippen molar-refractivity contribution in [2.45, 2.75) is 33.6 Å². The molecule has 0 aliphatic rings. The molecule has 1 rings (SSSR count). The summed E-state index contributed by atoms with van der Waals surface area (Å²) in [6.07, 6.45) is 1.89. The largest absolute Gasteiger partial charge is 0.496 e. The Morgan fingerprint density at radius 1 is 1.28 bits per heavy atom. The Morgan fingerprint density at radius 2 is 1.94 bits per heavy atom. The van der Waals surface area contributed by atoms with Gasteiger partial charge in [-0.1, -0.05) is 0 Å². The quantitative estimate of drug-likeness (QED) is 0.814. The van der Waals surface area contributed by atoms with Gasteiger partial charge in [0.25, 0.3) is 0 Å². The van der Waals surface area contributed by atoms with Gasteiger partial charge in [-0.15, -0.1) is 0 Å². The standard InChI is InChI=1S/C15H25NO2/c1-10-7-15(18-4)12(3)11(2)14(10)6-5-13(8-16)9-17/h7,13,17H,5-6,8-9,16H2,1-4H3. The van der Waals surface area contributed by atoms with Crippen LogP contribution in [-0.4, -0.2) is 25.4 Å². The third kappa shape index (κ3) is 3.24. The van der Waals surface area contributed by atoms with Gasteiger partial charge in [0.1, 0.15) is 5.75 Å². The molecule has 18 heavy (non-hydrogen) atoms. The lowest BCUT2D eigenvalue weighted by molar-refractivity contribution is 0.223. The van der Waals surface area contributed by atoms with Crippen molar-refractivity contribution in [2.24, 2.45) is 11.7 Å². The molecular formula is C15H25NO2. The number of aryl methyl sites for hydroxylation is 1. The second-order valence-corrected chi connectivity index (χ2v) is 4.95. The molecule has 3 heteroatoms. The molecule has 1 aromatic carbocycles. The first-order valence-electron chi connectivity index (χ1n) is 6.49. The molecule has 1 aromatic rings. The van der Waals surface area contributed by atoms with Gasteiger partial charge in [-0.3, -0.25) is 0 Å². The van der Waals surface area contributed by atoms with Crippen LogP contribution in [0.4, 0.5) is 0 Å². The highest BCUT2D eigenvalue weighted by atomic mass is 16.5. The number of nitrogens with two attached hydrogens (primary N) is 1. The van der Waals surface area contributed by atoms with Crippen LogP contribution in [0.5, 0.6) is 5.75 Å². The Kier molecular flexibility index (Phi) is 5.63. The zero-order valence-electron chi connectivity index (χ0n) is 11.9. The fourth-order valence-corrected chi connectivity index (χ4v) is 2.33. The van der Waals surface area contributed by atoms with Gasteiger partial charge in [0, 0.05) is 6.61 Å². The zero-order valence-corrected chi connectivity index (χ0v) is 11.9. The average Bonchev–Trinajstić information content (AvgIpc) is 2.38. The smallest absolute Gasteiger partial charge is 0.122 e. The van der Waals surface area contributed by atoms with Gasteiger partial charge in [-0.25, -0.2) is 0 Å². The van der Waals surface area contributed by atoms with E-state index in [9.17, 15) is 5.11 Å². The first-order valence-corrected chi connectivity index (χ1v) is 6.49. The molecule has 0 aromatic heterocycles. The molecule has 102 valence electrons. The maximum atomic E-state index is 9.18. The van der Waals surface area contributed by atoms with Crippen molar-refractivity contribution < 1.29 is 9.84 Å². The summed E-state index contributed by atoms with van der Waals surface area (Å²) < 4.78 is 5.37. The maximum Gasteiger partial charge on any atom is 0.122 e. The summed E-state index contributed by atoms with van der Waals surface area (Å²) in [4.78, 5) is 0. The molecule has 0 spiro atoms. The van der Waals surface area contributed by atoms with Crippen LogP contribution in [-0.2, 0) is 6.42 Å². The normalized spacial score (nSPS) is 12.6. The highest BCUT2D eigenvalue weighted by Crippen LogP contribution is 2.28. The van der Waals surface area contributed by atoms with Gasteiger partial charge in [0.05, 0.1) is 7.11 Å². The van der Waals surface area contributed by atoms with Crippen molar-refractivity contribution >= 4 is 0 Å². The first-order chi connectivity index (χ1) is 8.54. The number of hydrogen-bond acceptors (Lipinski definition) is 3. The number of benzene rings is 1. The van der Waals surface area contributed by atoms with Gasteiger partial charge < -0.3 is 15.6 Å². The van der Waals surface area contributed by atoms with E-state index in [4.69, 9.17) is 10.5 Å². The monoisotopic (exact) mass is 251 g/mol. The summed E-state index contributed by atoms with van der Waals surface area (Å²) >= 11 is 0. The van der Waals surface area contributed by atoms with E-state index in [0.29, 0.717) is 6.54 Å². The van der Waals surface area contributed by atoms with Crippen molar-refractivity contribution in [3.8, 4) is 5.75 Å². The van der Waals surface area contributed by atoms with Gasteiger partial charge in [0.15, 0.2) is 0 Å². The minimum atomic E-state index is 0.170. The fourth-order valence-electron chi connectivity index (χ4n) is 2.33. The van der Waals surface area contributed by atoms with E-state index in [1.165, 1.54) is 22.3 Å². The lowest BCUT2D eigenvalue weighted by Gasteiger charge is -2.18. The van der Waals surface area contributed by atoms with E-state index in [2.05, 4.69) is 26.8 Å². The Hall–Kier alpha value is -1.06. The molecule has 0 saturated heterocycles. The van der Waals surface area contributed by atoms with E-state index in [1.54, 1.807) is 7.11 Å². The molecule has 0 radical (unpaired) electrons. The van der Waals surface area contributed by atoms with Gasteiger partial charge in [-0.05, 0) is 74.4 Å². The highest BCUT2D eigenvalue weighted by molar-refractivity contribution is 5.48. The number of ether oxygens (including phenoxy) is 1. The molecule has 0 bridgehead atoms. The van der Waals surface area contributed by atoms with E-state index in [1.807, 2.05) is 0 Å². The summed E-state index contributed by atoms with van der Waals surface area (Å²) in [7, 11) is 1.71. The maximum absolute atomic E-state index is 9.18. The predicted octanol–water partition coefficient (Wildman–Crippen LogP) is 2.12. The summed E-state index contributed by atoms with van der Waals surface area (Å²) in [6, 6.07) is 2.09. The van der Waals surface area contributed by atoms with Crippen molar-refractivity contribution in [3.63, 3.8) is 0 Å². The van der Waals surface area contributed by atoms with Crippen LogP contribution in [0.1, 0.15) is 28.7 Å². The van der Waals surface area contributed by atoms with Crippen molar-refractivity contribution in [1.82, 2.24) is 0 Å². The SMILES string of the molecule is COc1cc(C)c(CCC(CN)CO)c(C)c1C. The lowest BCUT2D eigenvalue weighted by Crippen LogP contribution is -2.19. The molecule has 3 N–H and O–H groups in total. The van der Waals surface area contributed by atoms with Crippen LogP contribution in [0.2, 0.25) is 0 Å².